The molecule has 0 aliphatic carbocycles. The summed E-state index contributed by atoms with van der Waals surface area (Å²) in [5.41, 5.74) is 0.330. The molecule has 1 aromatic rings. The summed E-state index contributed by atoms with van der Waals surface area (Å²) in [4.78, 5) is 23.1. The summed E-state index contributed by atoms with van der Waals surface area (Å²) in [6.45, 7) is 1.60. The van der Waals surface area contributed by atoms with E-state index in [4.69, 9.17) is 11.6 Å². The van der Waals surface area contributed by atoms with Crippen LogP contribution in [0.25, 0.3) is 0 Å². The van der Waals surface area contributed by atoms with E-state index in [1.807, 2.05) is 0 Å². The zero-order chi connectivity index (χ0) is 13.0. The van der Waals surface area contributed by atoms with Gasteiger partial charge in [-0.2, -0.15) is 0 Å². The molecule has 0 bridgehead atoms. The van der Waals surface area contributed by atoms with Gasteiger partial charge in [-0.15, -0.1) is 0 Å². The maximum absolute atomic E-state index is 11.9. The third kappa shape index (κ3) is 3.44. The van der Waals surface area contributed by atoms with Crippen molar-refractivity contribution in [2.45, 2.75) is 13.0 Å². The molecule has 0 saturated heterocycles. The summed E-state index contributed by atoms with van der Waals surface area (Å²) in [6.07, 6.45) is 0. The van der Waals surface area contributed by atoms with Gasteiger partial charge in [0, 0.05) is 11.5 Å². The monoisotopic (exact) mass is 318 g/mol. The summed E-state index contributed by atoms with van der Waals surface area (Å²) < 4.78 is 0.638. The Morgan fingerprint density at radius 3 is 2.65 bits per heavy atom. The molecule has 0 saturated carbocycles. The van der Waals surface area contributed by atoms with Crippen molar-refractivity contribution in [3.63, 3.8) is 0 Å². The van der Waals surface area contributed by atoms with Crippen molar-refractivity contribution in [3.8, 4) is 0 Å². The van der Waals surface area contributed by atoms with Crippen molar-refractivity contribution >= 4 is 39.3 Å². The number of rotatable bonds is 3. The molecule has 0 aliphatic heterocycles. The fraction of sp³-hybridized carbons (Fsp3) is 0.273. The number of halogens is 2. The zero-order valence-corrected chi connectivity index (χ0v) is 11.7. The van der Waals surface area contributed by atoms with Gasteiger partial charge in [0.05, 0.1) is 10.6 Å². The molecule has 4 nitrogen and oxygen atoms in total. The lowest BCUT2D eigenvalue weighted by molar-refractivity contribution is -0.122. The number of likely N-dealkylation sites (N-methyl/N-ethyl adjacent to an activating group) is 1. The molecule has 1 atom stereocenters. The number of amides is 2. The quantitative estimate of drug-likeness (QED) is 0.895. The van der Waals surface area contributed by atoms with Crippen molar-refractivity contribution in [1.82, 2.24) is 10.6 Å². The van der Waals surface area contributed by atoms with E-state index >= 15 is 0 Å². The molecular formula is C11H12BrClN2O2. The molecule has 0 aliphatic rings. The highest BCUT2D eigenvalue weighted by Crippen LogP contribution is 2.25. The normalized spacial score (nSPS) is 11.8. The molecule has 0 heterocycles. The molecule has 0 radical (unpaired) electrons. The van der Waals surface area contributed by atoms with E-state index in [9.17, 15) is 9.59 Å². The fourth-order valence-electron chi connectivity index (χ4n) is 1.24. The molecule has 1 aromatic carbocycles. The molecule has 1 unspecified atom stereocenters. The van der Waals surface area contributed by atoms with Crippen LogP contribution in [0, 0.1) is 0 Å². The Morgan fingerprint density at radius 1 is 1.41 bits per heavy atom. The highest BCUT2D eigenvalue weighted by Gasteiger charge is 2.17. The first kappa shape index (κ1) is 14.0. The average molecular weight is 320 g/mol. The second-order valence-corrected chi connectivity index (χ2v) is 4.64. The Bertz CT molecular complexity index is 451. The number of hydrogen-bond acceptors (Lipinski definition) is 2. The Labute approximate surface area is 113 Å². The van der Waals surface area contributed by atoms with E-state index in [2.05, 4.69) is 26.6 Å². The average Bonchev–Trinajstić information content (AvgIpc) is 2.31. The lowest BCUT2D eigenvalue weighted by Crippen LogP contribution is -2.43. The number of benzene rings is 1. The van der Waals surface area contributed by atoms with Crippen LogP contribution in [-0.2, 0) is 4.79 Å². The van der Waals surface area contributed by atoms with E-state index in [0.717, 1.165) is 0 Å². The van der Waals surface area contributed by atoms with Crippen LogP contribution in [0.3, 0.4) is 0 Å². The molecule has 92 valence electrons. The summed E-state index contributed by atoms with van der Waals surface area (Å²) in [5.74, 6) is -0.642. The Kier molecular flexibility index (Phi) is 4.96. The summed E-state index contributed by atoms with van der Waals surface area (Å²) in [6, 6.07) is 4.43. The first-order valence-corrected chi connectivity index (χ1v) is 6.11. The molecule has 2 amide bonds. The van der Waals surface area contributed by atoms with E-state index < -0.39 is 6.04 Å². The van der Waals surface area contributed by atoms with Crippen molar-refractivity contribution in [2.75, 3.05) is 7.05 Å². The predicted octanol–water partition coefficient (Wildman–Crippen LogP) is 1.97. The number of hydrogen-bond donors (Lipinski definition) is 2. The minimum atomic E-state index is -0.609. The molecule has 1 rings (SSSR count). The molecule has 0 aromatic heterocycles. The summed E-state index contributed by atoms with van der Waals surface area (Å²) >= 11 is 9.21. The van der Waals surface area contributed by atoms with Crippen LogP contribution in [0.15, 0.2) is 22.7 Å². The number of carbonyl (C=O) groups is 2. The minimum Gasteiger partial charge on any atom is -0.357 e. The predicted molar refractivity (Wildman–Crippen MR) is 70.1 cm³/mol. The van der Waals surface area contributed by atoms with Crippen LogP contribution in [0.5, 0.6) is 0 Å². The highest BCUT2D eigenvalue weighted by molar-refractivity contribution is 9.10. The molecule has 2 N–H and O–H groups in total. The Balaban J connectivity index is 2.84. The third-order valence-electron chi connectivity index (χ3n) is 2.18. The summed E-state index contributed by atoms with van der Waals surface area (Å²) in [7, 11) is 1.51. The molecule has 6 heteroatoms. The van der Waals surface area contributed by atoms with E-state index in [-0.39, 0.29) is 11.8 Å². The van der Waals surface area contributed by atoms with Gasteiger partial charge in [0.25, 0.3) is 5.91 Å². The SMILES string of the molecule is CNC(=O)C(C)NC(=O)c1cccc(Br)c1Cl. The fourth-order valence-corrected chi connectivity index (χ4v) is 1.81. The first-order chi connectivity index (χ1) is 7.97. The van der Waals surface area contributed by atoms with Crippen LogP contribution < -0.4 is 10.6 Å². The van der Waals surface area contributed by atoms with E-state index in [1.54, 1.807) is 25.1 Å². The summed E-state index contributed by atoms with van der Waals surface area (Å²) in [5, 5.41) is 5.34. The van der Waals surface area contributed by atoms with Gasteiger partial charge in [0.15, 0.2) is 0 Å². The first-order valence-electron chi connectivity index (χ1n) is 4.93. The maximum atomic E-state index is 11.9. The van der Waals surface area contributed by atoms with Gasteiger partial charge in [-0.1, -0.05) is 17.7 Å². The highest BCUT2D eigenvalue weighted by atomic mass is 79.9. The Hall–Kier alpha value is -1.07. The van der Waals surface area contributed by atoms with Gasteiger partial charge in [-0.3, -0.25) is 9.59 Å². The van der Waals surface area contributed by atoms with Crippen molar-refractivity contribution in [2.24, 2.45) is 0 Å². The zero-order valence-electron chi connectivity index (χ0n) is 9.38. The molecule has 0 fully saturated rings. The van der Waals surface area contributed by atoms with Crippen LogP contribution >= 0.6 is 27.5 Å². The lowest BCUT2D eigenvalue weighted by Gasteiger charge is -2.13. The Morgan fingerprint density at radius 2 is 2.06 bits per heavy atom. The number of carbonyl (C=O) groups excluding carboxylic acids is 2. The second-order valence-electron chi connectivity index (χ2n) is 3.41. The van der Waals surface area contributed by atoms with E-state index in [0.29, 0.717) is 15.1 Å². The van der Waals surface area contributed by atoms with Gasteiger partial charge in [0.2, 0.25) is 5.91 Å². The smallest absolute Gasteiger partial charge is 0.253 e. The van der Waals surface area contributed by atoms with Crippen LogP contribution in [0.4, 0.5) is 0 Å². The van der Waals surface area contributed by atoms with Gasteiger partial charge in [-0.05, 0) is 35.0 Å². The largest absolute Gasteiger partial charge is 0.357 e. The second kappa shape index (κ2) is 6.02. The van der Waals surface area contributed by atoms with Gasteiger partial charge < -0.3 is 10.6 Å². The van der Waals surface area contributed by atoms with Crippen LogP contribution in [0.2, 0.25) is 5.02 Å². The topological polar surface area (TPSA) is 58.2 Å². The maximum Gasteiger partial charge on any atom is 0.253 e. The third-order valence-corrected chi connectivity index (χ3v) is 3.48. The van der Waals surface area contributed by atoms with Crippen molar-refractivity contribution in [1.29, 1.82) is 0 Å². The molecule has 17 heavy (non-hydrogen) atoms. The lowest BCUT2D eigenvalue weighted by atomic mass is 10.2. The van der Waals surface area contributed by atoms with Crippen molar-refractivity contribution < 1.29 is 9.59 Å². The number of nitrogens with one attached hydrogen (secondary N) is 2. The molecular weight excluding hydrogens is 307 g/mol. The standard InChI is InChI=1S/C11H12BrClN2O2/c1-6(10(16)14-2)15-11(17)7-4-3-5-8(12)9(7)13/h3-6H,1-2H3,(H,14,16)(H,15,17). The molecule has 0 spiro atoms. The van der Waals surface area contributed by atoms with Gasteiger partial charge in [-0.25, -0.2) is 0 Å². The van der Waals surface area contributed by atoms with Crippen LogP contribution in [-0.4, -0.2) is 24.9 Å². The van der Waals surface area contributed by atoms with Gasteiger partial charge >= 0.3 is 0 Å². The van der Waals surface area contributed by atoms with Crippen molar-refractivity contribution in [3.05, 3.63) is 33.3 Å². The van der Waals surface area contributed by atoms with E-state index in [1.165, 1.54) is 7.05 Å². The van der Waals surface area contributed by atoms with Crippen LogP contribution in [0.1, 0.15) is 17.3 Å². The van der Waals surface area contributed by atoms with Gasteiger partial charge in [0.1, 0.15) is 6.04 Å². The minimum absolute atomic E-state index is 0.260.